The number of carbonyl (C=O) groups excluding carboxylic acids is 2. The molecular weight excluding hydrogens is 206 g/mol. The summed E-state index contributed by atoms with van der Waals surface area (Å²) in [6.07, 6.45) is 2.35. The van der Waals surface area contributed by atoms with Gasteiger partial charge in [-0.05, 0) is 19.4 Å². The lowest BCUT2D eigenvalue weighted by Crippen LogP contribution is -2.50. The molecule has 92 valence electrons. The van der Waals surface area contributed by atoms with E-state index in [1.807, 2.05) is 4.90 Å². The van der Waals surface area contributed by atoms with E-state index in [4.69, 9.17) is 5.73 Å². The Morgan fingerprint density at radius 2 is 1.62 bits per heavy atom. The second-order valence-corrected chi connectivity index (χ2v) is 4.13. The lowest BCUT2D eigenvalue weighted by Gasteiger charge is -2.34. The van der Waals surface area contributed by atoms with Gasteiger partial charge >= 0.3 is 0 Å². The van der Waals surface area contributed by atoms with Gasteiger partial charge in [-0.15, -0.1) is 0 Å². The highest BCUT2D eigenvalue weighted by molar-refractivity contribution is 5.77. The van der Waals surface area contributed by atoms with Gasteiger partial charge < -0.3 is 15.5 Å². The van der Waals surface area contributed by atoms with Crippen LogP contribution in [0.1, 0.15) is 26.2 Å². The van der Waals surface area contributed by atoms with Gasteiger partial charge in [-0.3, -0.25) is 9.59 Å². The molecule has 0 aromatic heterocycles. The van der Waals surface area contributed by atoms with E-state index in [0.29, 0.717) is 39.1 Å². The van der Waals surface area contributed by atoms with Gasteiger partial charge in [0.25, 0.3) is 0 Å². The largest absolute Gasteiger partial charge is 0.339 e. The number of nitrogens with zero attached hydrogens (tertiary/aromatic N) is 2. The maximum absolute atomic E-state index is 11.7. The average molecular weight is 227 g/mol. The molecule has 0 unspecified atom stereocenters. The fourth-order valence-electron chi connectivity index (χ4n) is 1.85. The lowest BCUT2D eigenvalue weighted by atomic mass is 10.2. The summed E-state index contributed by atoms with van der Waals surface area (Å²) in [4.78, 5) is 26.5. The van der Waals surface area contributed by atoms with Crippen molar-refractivity contribution >= 4 is 11.8 Å². The van der Waals surface area contributed by atoms with Gasteiger partial charge in [0.15, 0.2) is 0 Å². The van der Waals surface area contributed by atoms with Crippen molar-refractivity contribution in [2.75, 3.05) is 32.7 Å². The molecule has 0 saturated carbocycles. The minimum atomic E-state index is 0.0928. The van der Waals surface area contributed by atoms with Crippen LogP contribution in [0.15, 0.2) is 0 Å². The van der Waals surface area contributed by atoms with E-state index in [0.717, 1.165) is 12.8 Å². The molecule has 0 radical (unpaired) electrons. The van der Waals surface area contributed by atoms with Crippen LogP contribution in [0.25, 0.3) is 0 Å². The summed E-state index contributed by atoms with van der Waals surface area (Å²) in [5.74, 6) is 0.284. The van der Waals surface area contributed by atoms with Crippen LogP contribution < -0.4 is 5.73 Å². The second-order valence-electron chi connectivity index (χ2n) is 4.13. The van der Waals surface area contributed by atoms with Crippen molar-refractivity contribution in [3.8, 4) is 0 Å². The van der Waals surface area contributed by atoms with Crippen molar-refractivity contribution in [1.29, 1.82) is 0 Å². The van der Waals surface area contributed by atoms with Crippen LogP contribution in [0.5, 0.6) is 0 Å². The molecule has 1 heterocycles. The molecule has 1 aliphatic heterocycles. The van der Waals surface area contributed by atoms with Crippen molar-refractivity contribution in [2.24, 2.45) is 5.73 Å². The third-order valence-electron chi connectivity index (χ3n) is 2.92. The minimum Gasteiger partial charge on any atom is -0.339 e. The van der Waals surface area contributed by atoms with Crippen LogP contribution in [0.4, 0.5) is 0 Å². The number of nitrogens with two attached hydrogens (primary N) is 1. The van der Waals surface area contributed by atoms with Crippen LogP contribution in [0.3, 0.4) is 0 Å². The molecule has 1 aliphatic rings. The molecular formula is C11H21N3O2. The van der Waals surface area contributed by atoms with Crippen molar-refractivity contribution in [3.63, 3.8) is 0 Å². The second kappa shape index (κ2) is 6.48. The Morgan fingerprint density at radius 3 is 2.12 bits per heavy atom. The monoisotopic (exact) mass is 227 g/mol. The molecule has 0 spiro atoms. The molecule has 1 fully saturated rings. The van der Waals surface area contributed by atoms with Crippen LogP contribution in [-0.2, 0) is 9.59 Å². The third-order valence-corrected chi connectivity index (χ3v) is 2.92. The van der Waals surface area contributed by atoms with Gasteiger partial charge in [0.05, 0.1) is 0 Å². The molecule has 0 aliphatic carbocycles. The number of piperazine rings is 1. The highest BCUT2D eigenvalue weighted by atomic mass is 16.2. The Labute approximate surface area is 96.6 Å². The van der Waals surface area contributed by atoms with E-state index in [1.54, 1.807) is 11.8 Å². The summed E-state index contributed by atoms with van der Waals surface area (Å²) in [6.45, 7) is 4.88. The van der Waals surface area contributed by atoms with E-state index in [2.05, 4.69) is 0 Å². The van der Waals surface area contributed by atoms with Crippen molar-refractivity contribution in [3.05, 3.63) is 0 Å². The first-order chi connectivity index (χ1) is 7.65. The summed E-state index contributed by atoms with van der Waals surface area (Å²) >= 11 is 0. The van der Waals surface area contributed by atoms with E-state index in [1.165, 1.54) is 0 Å². The van der Waals surface area contributed by atoms with Gasteiger partial charge in [-0.2, -0.15) is 0 Å². The molecule has 1 rings (SSSR count). The fraction of sp³-hybridized carbons (Fsp3) is 0.818. The molecule has 2 amide bonds. The van der Waals surface area contributed by atoms with E-state index >= 15 is 0 Å². The third kappa shape index (κ3) is 3.81. The number of carbonyl (C=O) groups is 2. The van der Waals surface area contributed by atoms with Crippen LogP contribution in [-0.4, -0.2) is 54.3 Å². The summed E-state index contributed by atoms with van der Waals surface area (Å²) in [5, 5.41) is 0. The molecule has 0 aromatic rings. The number of rotatable bonds is 4. The highest BCUT2D eigenvalue weighted by Crippen LogP contribution is 2.06. The Balaban J connectivity index is 2.25. The number of hydrogen-bond acceptors (Lipinski definition) is 3. The lowest BCUT2D eigenvalue weighted by molar-refractivity contribution is -0.138. The quantitative estimate of drug-likeness (QED) is 0.677. The average Bonchev–Trinajstić information content (AvgIpc) is 2.29. The Hall–Kier alpha value is -1.10. The summed E-state index contributed by atoms with van der Waals surface area (Å²) < 4.78 is 0. The summed E-state index contributed by atoms with van der Waals surface area (Å²) in [5.41, 5.74) is 5.38. The first kappa shape index (κ1) is 13.0. The van der Waals surface area contributed by atoms with Gasteiger partial charge in [0.2, 0.25) is 11.8 Å². The topological polar surface area (TPSA) is 66.6 Å². The minimum absolute atomic E-state index is 0.0928. The zero-order valence-electron chi connectivity index (χ0n) is 9.95. The highest BCUT2D eigenvalue weighted by Gasteiger charge is 2.21. The van der Waals surface area contributed by atoms with Crippen molar-refractivity contribution in [1.82, 2.24) is 9.80 Å². The molecule has 0 bridgehead atoms. The first-order valence-corrected chi connectivity index (χ1v) is 5.88. The van der Waals surface area contributed by atoms with Crippen LogP contribution in [0, 0.1) is 0 Å². The maximum atomic E-state index is 11.7. The smallest absolute Gasteiger partial charge is 0.222 e. The SMILES string of the molecule is CC(=O)N1CCN(C(=O)CCCCN)CC1. The summed E-state index contributed by atoms with van der Waals surface area (Å²) in [7, 11) is 0. The van der Waals surface area contributed by atoms with Crippen molar-refractivity contribution in [2.45, 2.75) is 26.2 Å². The fourth-order valence-corrected chi connectivity index (χ4v) is 1.85. The first-order valence-electron chi connectivity index (χ1n) is 5.88. The number of amides is 2. The van der Waals surface area contributed by atoms with Gasteiger partial charge in [-0.1, -0.05) is 0 Å². The van der Waals surface area contributed by atoms with Crippen molar-refractivity contribution < 1.29 is 9.59 Å². The van der Waals surface area contributed by atoms with Crippen LogP contribution >= 0.6 is 0 Å². The molecule has 0 atom stereocenters. The summed E-state index contributed by atoms with van der Waals surface area (Å²) in [6, 6.07) is 0. The van der Waals surface area contributed by atoms with Crippen LogP contribution in [0.2, 0.25) is 0 Å². The predicted molar refractivity (Wildman–Crippen MR) is 61.7 cm³/mol. The van der Waals surface area contributed by atoms with E-state index < -0.39 is 0 Å². The zero-order chi connectivity index (χ0) is 12.0. The van der Waals surface area contributed by atoms with Gasteiger partial charge in [-0.25, -0.2) is 0 Å². The molecule has 5 heteroatoms. The van der Waals surface area contributed by atoms with Gasteiger partial charge in [0, 0.05) is 39.5 Å². The number of hydrogen-bond donors (Lipinski definition) is 1. The Bertz CT molecular complexity index is 248. The standard InChI is InChI=1S/C11H21N3O2/c1-10(15)13-6-8-14(9-7-13)11(16)4-2-3-5-12/h2-9,12H2,1H3. The van der Waals surface area contributed by atoms with Gasteiger partial charge in [0.1, 0.15) is 0 Å². The zero-order valence-corrected chi connectivity index (χ0v) is 9.95. The van der Waals surface area contributed by atoms with E-state index in [-0.39, 0.29) is 11.8 Å². The molecule has 5 nitrogen and oxygen atoms in total. The Kier molecular flexibility index (Phi) is 5.25. The maximum Gasteiger partial charge on any atom is 0.222 e. The number of unbranched alkanes of at least 4 members (excludes halogenated alkanes) is 1. The molecule has 16 heavy (non-hydrogen) atoms. The molecule has 0 aromatic carbocycles. The Morgan fingerprint density at radius 1 is 1.06 bits per heavy atom. The normalized spacial score (nSPS) is 16.4. The molecule has 1 saturated heterocycles. The molecule has 2 N–H and O–H groups in total. The predicted octanol–water partition coefficient (Wildman–Crippen LogP) is -0.194. The van der Waals surface area contributed by atoms with E-state index in [9.17, 15) is 9.59 Å².